The van der Waals surface area contributed by atoms with Gasteiger partial charge in [-0.25, -0.2) is 0 Å². The summed E-state index contributed by atoms with van der Waals surface area (Å²) in [7, 11) is 1.59. The number of anilines is 3. The number of benzene rings is 2. The van der Waals surface area contributed by atoms with E-state index < -0.39 is 0 Å². The Hall–Kier alpha value is -3.02. The van der Waals surface area contributed by atoms with Crippen molar-refractivity contribution in [3.05, 3.63) is 48.5 Å². The van der Waals surface area contributed by atoms with Gasteiger partial charge in [-0.3, -0.25) is 9.59 Å². The maximum Gasteiger partial charge on any atom is 0.243 e. The number of hydrogen-bond donors (Lipinski definition) is 3. The van der Waals surface area contributed by atoms with Crippen molar-refractivity contribution in [3.8, 4) is 5.75 Å². The molecule has 2 aromatic carbocycles. The fourth-order valence-electron chi connectivity index (χ4n) is 2.00. The van der Waals surface area contributed by atoms with Crippen LogP contribution in [0.25, 0.3) is 0 Å². The van der Waals surface area contributed by atoms with Gasteiger partial charge in [-0.1, -0.05) is 12.1 Å². The van der Waals surface area contributed by atoms with Crippen molar-refractivity contribution in [2.45, 2.75) is 6.92 Å². The summed E-state index contributed by atoms with van der Waals surface area (Å²) in [6.07, 6.45) is 0. The Balaban J connectivity index is 1.90. The number of amides is 2. The molecule has 6 heteroatoms. The summed E-state index contributed by atoms with van der Waals surface area (Å²) in [5.41, 5.74) is 2.05. The summed E-state index contributed by atoms with van der Waals surface area (Å²) in [6, 6.07) is 14.3. The normalized spacial score (nSPS) is 9.83. The average molecular weight is 313 g/mol. The van der Waals surface area contributed by atoms with Gasteiger partial charge in [0.2, 0.25) is 11.8 Å². The van der Waals surface area contributed by atoms with Crippen molar-refractivity contribution in [2.75, 3.05) is 29.6 Å². The highest BCUT2D eigenvalue weighted by Gasteiger charge is 2.04. The lowest BCUT2D eigenvalue weighted by atomic mass is 10.2. The molecule has 2 amide bonds. The monoisotopic (exact) mass is 313 g/mol. The lowest BCUT2D eigenvalue weighted by molar-refractivity contribution is -0.115. The molecule has 0 fully saturated rings. The van der Waals surface area contributed by atoms with Crippen molar-refractivity contribution in [3.63, 3.8) is 0 Å². The third kappa shape index (κ3) is 5.35. The third-order valence-electron chi connectivity index (χ3n) is 2.99. The van der Waals surface area contributed by atoms with E-state index in [4.69, 9.17) is 4.74 Å². The lowest BCUT2D eigenvalue weighted by Crippen LogP contribution is -2.21. The molecule has 0 aliphatic rings. The van der Waals surface area contributed by atoms with Crippen molar-refractivity contribution in [2.24, 2.45) is 0 Å². The molecule has 0 radical (unpaired) electrons. The van der Waals surface area contributed by atoms with Crippen LogP contribution >= 0.6 is 0 Å². The minimum absolute atomic E-state index is 0.123. The molecule has 6 nitrogen and oxygen atoms in total. The maximum absolute atomic E-state index is 12.0. The zero-order valence-corrected chi connectivity index (χ0v) is 13.1. The van der Waals surface area contributed by atoms with Gasteiger partial charge in [-0.05, 0) is 30.3 Å². The van der Waals surface area contributed by atoms with E-state index in [1.807, 2.05) is 24.3 Å². The van der Waals surface area contributed by atoms with Crippen molar-refractivity contribution in [1.82, 2.24) is 0 Å². The van der Waals surface area contributed by atoms with Crippen LogP contribution in [-0.4, -0.2) is 25.5 Å². The summed E-state index contributed by atoms with van der Waals surface area (Å²) in [5.74, 6) is 0.374. The Labute approximate surface area is 134 Å². The van der Waals surface area contributed by atoms with Crippen LogP contribution in [0, 0.1) is 0 Å². The van der Waals surface area contributed by atoms with E-state index in [0.717, 1.165) is 11.4 Å². The second kappa shape index (κ2) is 7.84. The summed E-state index contributed by atoms with van der Waals surface area (Å²) >= 11 is 0. The second-order valence-electron chi connectivity index (χ2n) is 4.90. The molecule has 3 N–H and O–H groups in total. The van der Waals surface area contributed by atoms with Crippen molar-refractivity contribution >= 4 is 28.9 Å². The van der Waals surface area contributed by atoms with Gasteiger partial charge in [-0.2, -0.15) is 0 Å². The highest BCUT2D eigenvalue weighted by molar-refractivity contribution is 5.95. The van der Waals surface area contributed by atoms with Crippen LogP contribution in [0.4, 0.5) is 17.1 Å². The van der Waals surface area contributed by atoms with E-state index in [9.17, 15) is 9.59 Å². The summed E-state index contributed by atoms with van der Waals surface area (Å²) in [4.78, 5) is 23.0. The Morgan fingerprint density at radius 3 is 2.30 bits per heavy atom. The second-order valence-corrected chi connectivity index (χ2v) is 4.90. The minimum atomic E-state index is -0.187. The fraction of sp³-hybridized carbons (Fsp3) is 0.176. The predicted octanol–water partition coefficient (Wildman–Crippen LogP) is 2.70. The third-order valence-corrected chi connectivity index (χ3v) is 2.99. The fourth-order valence-corrected chi connectivity index (χ4v) is 2.00. The Morgan fingerprint density at radius 1 is 0.957 bits per heavy atom. The molecule has 0 unspecified atom stereocenters. The molecule has 0 bridgehead atoms. The number of rotatable bonds is 6. The number of hydrogen-bond acceptors (Lipinski definition) is 4. The highest BCUT2D eigenvalue weighted by Crippen LogP contribution is 2.17. The number of methoxy groups -OCH3 is 1. The molecule has 23 heavy (non-hydrogen) atoms. The first-order chi connectivity index (χ1) is 11.1. The SMILES string of the molecule is COc1cccc(NCC(=O)Nc2cccc(NC(C)=O)c2)c1. The molecule has 0 spiro atoms. The minimum Gasteiger partial charge on any atom is -0.497 e. The topological polar surface area (TPSA) is 79.5 Å². The van der Waals surface area contributed by atoms with E-state index in [1.54, 1.807) is 31.4 Å². The number of carbonyl (C=O) groups excluding carboxylic acids is 2. The molecule has 0 saturated carbocycles. The molecule has 2 aromatic rings. The lowest BCUT2D eigenvalue weighted by Gasteiger charge is -2.10. The van der Waals surface area contributed by atoms with Gasteiger partial charge in [0.1, 0.15) is 5.75 Å². The first-order valence-corrected chi connectivity index (χ1v) is 7.12. The van der Waals surface area contributed by atoms with Crippen molar-refractivity contribution < 1.29 is 14.3 Å². The first-order valence-electron chi connectivity index (χ1n) is 7.12. The van der Waals surface area contributed by atoms with Gasteiger partial charge in [0.05, 0.1) is 13.7 Å². The maximum atomic E-state index is 12.0. The van der Waals surface area contributed by atoms with Crippen LogP contribution in [0.5, 0.6) is 5.75 Å². The zero-order chi connectivity index (χ0) is 16.7. The van der Waals surface area contributed by atoms with Gasteiger partial charge < -0.3 is 20.7 Å². The molecule has 2 rings (SSSR count). The molecule has 0 saturated heterocycles. The molecular weight excluding hydrogens is 294 g/mol. The molecule has 0 heterocycles. The molecule has 0 aliphatic heterocycles. The van der Waals surface area contributed by atoms with Crippen molar-refractivity contribution in [1.29, 1.82) is 0 Å². The summed E-state index contributed by atoms with van der Waals surface area (Å²) in [6.45, 7) is 1.56. The molecular formula is C17H19N3O3. The van der Waals surface area contributed by atoms with Gasteiger partial charge in [0.15, 0.2) is 0 Å². The average Bonchev–Trinajstić information content (AvgIpc) is 2.53. The Kier molecular flexibility index (Phi) is 5.57. The summed E-state index contributed by atoms with van der Waals surface area (Å²) < 4.78 is 5.13. The van der Waals surface area contributed by atoms with Gasteiger partial charge in [0.25, 0.3) is 0 Å². The molecule has 0 atom stereocenters. The summed E-state index contributed by atoms with van der Waals surface area (Å²) in [5, 5.41) is 8.46. The van der Waals surface area contributed by atoms with Gasteiger partial charge in [-0.15, -0.1) is 0 Å². The Bertz CT molecular complexity index is 701. The number of carbonyl (C=O) groups is 2. The molecule has 0 aromatic heterocycles. The number of ether oxygens (including phenoxy) is 1. The quantitative estimate of drug-likeness (QED) is 0.766. The number of nitrogens with one attached hydrogen (secondary N) is 3. The smallest absolute Gasteiger partial charge is 0.243 e. The van der Waals surface area contributed by atoms with Crippen LogP contribution < -0.4 is 20.7 Å². The van der Waals surface area contributed by atoms with Crippen LogP contribution in [-0.2, 0) is 9.59 Å². The van der Waals surface area contributed by atoms with Crippen LogP contribution in [0.15, 0.2) is 48.5 Å². The molecule has 0 aliphatic carbocycles. The van der Waals surface area contributed by atoms with E-state index in [2.05, 4.69) is 16.0 Å². The van der Waals surface area contributed by atoms with Crippen LogP contribution in [0.2, 0.25) is 0 Å². The Morgan fingerprint density at radius 2 is 1.61 bits per heavy atom. The van der Waals surface area contributed by atoms with Crippen LogP contribution in [0.1, 0.15) is 6.92 Å². The zero-order valence-electron chi connectivity index (χ0n) is 13.1. The predicted molar refractivity (Wildman–Crippen MR) is 90.9 cm³/mol. The standard InChI is InChI=1S/C17H19N3O3/c1-12(21)19-14-6-3-7-15(9-14)20-17(22)11-18-13-5-4-8-16(10-13)23-2/h3-10,18H,11H2,1-2H3,(H,19,21)(H,20,22). The molecule has 120 valence electrons. The van der Waals surface area contributed by atoms with E-state index in [-0.39, 0.29) is 18.4 Å². The largest absolute Gasteiger partial charge is 0.497 e. The van der Waals surface area contributed by atoms with Crippen LogP contribution in [0.3, 0.4) is 0 Å². The first kappa shape index (κ1) is 16.4. The van der Waals surface area contributed by atoms with E-state index in [1.165, 1.54) is 6.92 Å². The van der Waals surface area contributed by atoms with Gasteiger partial charge in [0, 0.05) is 30.1 Å². The van der Waals surface area contributed by atoms with E-state index in [0.29, 0.717) is 11.4 Å². The van der Waals surface area contributed by atoms with E-state index >= 15 is 0 Å². The van der Waals surface area contributed by atoms with Gasteiger partial charge >= 0.3 is 0 Å². The highest BCUT2D eigenvalue weighted by atomic mass is 16.5.